The van der Waals surface area contributed by atoms with Crippen molar-refractivity contribution < 1.29 is 18.3 Å². The Labute approximate surface area is 158 Å². The van der Waals surface area contributed by atoms with Crippen LogP contribution >= 0.6 is 12.4 Å². The first-order chi connectivity index (χ1) is 11.9. The van der Waals surface area contributed by atoms with E-state index in [4.69, 9.17) is 5.73 Å². The van der Waals surface area contributed by atoms with E-state index in [0.717, 1.165) is 11.1 Å². The molecule has 142 valence electrons. The number of amides is 1. The Kier molecular flexibility index (Phi) is 8.48. The van der Waals surface area contributed by atoms with Crippen molar-refractivity contribution in [2.45, 2.75) is 26.1 Å². The molecule has 2 N–H and O–H groups in total. The first kappa shape index (κ1) is 21.9. The van der Waals surface area contributed by atoms with Crippen LogP contribution in [0.4, 0.5) is 8.78 Å². The van der Waals surface area contributed by atoms with Crippen LogP contribution in [0, 0.1) is 5.92 Å². The van der Waals surface area contributed by atoms with Crippen LogP contribution < -0.4 is 10.5 Å². The van der Waals surface area contributed by atoms with Gasteiger partial charge in [0.15, 0.2) is 0 Å². The van der Waals surface area contributed by atoms with E-state index in [1.807, 2.05) is 30.3 Å². The Bertz CT molecular complexity index is 684. The number of nitrogens with zero attached hydrogens (tertiary/aromatic N) is 1. The molecule has 0 bridgehead atoms. The van der Waals surface area contributed by atoms with Crippen molar-refractivity contribution in [1.29, 1.82) is 0 Å². The highest BCUT2D eigenvalue weighted by atomic mass is 35.5. The number of ether oxygens (including phenoxy) is 1. The summed E-state index contributed by atoms with van der Waals surface area (Å²) in [6.07, 6.45) is 0. The molecule has 0 saturated heterocycles. The number of nitrogens with two attached hydrogens (primary N) is 1. The third-order valence-corrected chi connectivity index (χ3v) is 4.06. The highest BCUT2D eigenvalue weighted by molar-refractivity contribution is 5.85. The summed E-state index contributed by atoms with van der Waals surface area (Å²) in [5.74, 6) is -0.370. The average Bonchev–Trinajstić information content (AvgIpc) is 2.61. The number of carbonyl (C=O) groups is 1. The van der Waals surface area contributed by atoms with Crippen LogP contribution in [-0.4, -0.2) is 24.5 Å². The number of rotatable bonds is 7. The average molecular weight is 385 g/mol. The van der Waals surface area contributed by atoms with Crippen LogP contribution in [0.25, 0.3) is 0 Å². The number of halogens is 3. The maximum atomic E-state index is 12.6. The second-order valence-electron chi connectivity index (χ2n) is 5.94. The second kappa shape index (κ2) is 10.1. The van der Waals surface area contributed by atoms with Gasteiger partial charge in [-0.25, -0.2) is 0 Å². The number of benzene rings is 2. The molecular formula is C19H23ClF2N2O2. The highest BCUT2D eigenvalue weighted by Crippen LogP contribution is 2.22. The molecule has 2 aromatic rings. The fraction of sp³-hybridized carbons (Fsp3) is 0.316. The van der Waals surface area contributed by atoms with Crippen molar-refractivity contribution in [1.82, 2.24) is 4.90 Å². The molecule has 2 aromatic carbocycles. The molecule has 0 aliphatic heterocycles. The predicted octanol–water partition coefficient (Wildman–Crippen LogP) is 4.00. The molecule has 0 aromatic heterocycles. The molecule has 2 atom stereocenters. The maximum absolute atomic E-state index is 12.6. The van der Waals surface area contributed by atoms with E-state index in [2.05, 4.69) is 4.74 Å². The van der Waals surface area contributed by atoms with Crippen LogP contribution in [0.1, 0.15) is 24.1 Å². The molecule has 0 aliphatic rings. The monoisotopic (exact) mass is 384 g/mol. The van der Waals surface area contributed by atoms with Gasteiger partial charge in [0, 0.05) is 19.6 Å². The molecule has 0 aliphatic carbocycles. The topological polar surface area (TPSA) is 55.6 Å². The van der Waals surface area contributed by atoms with Crippen LogP contribution in [0.15, 0.2) is 54.6 Å². The van der Waals surface area contributed by atoms with Crippen LogP contribution in [0.2, 0.25) is 0 Å². The number of hydrogen-bond donors (Lipinski definition) is 1. The lowest BCUT2D eigenvalue weighted by Crippen LogP contribution is -2.36. The van der Waals surface area contributed by atoms with Crippen molar-refractivity contribution in [3.63, 3.8) is 0 Å². The van der Waals surface area contributed by atoms with Gasteiger partial charge < -0.3 is 15.4 Å². The van der Waals surface area contributed by atoms with Crippen molar-refractivity contribution in [3.8, 4) is 5.75 Å². The zero-order chi connectivity index (χ0) is 18.4. The van der Waals surface area contributed by atoms with Gasteiger partial charge in [0.1, 0.15) is 5.75 Å². The first-order valence-electron chi connectivity index (χ1n) is 7.97. The standard InChI is InChI=1S/C19H22F2N2O2.ClH/c1-13(17(22)15-6-4-3-5-7-15)18(24)23(2)12-14-8-10-16(11-9-14)25-19(20)21;/h3-11,13,17,19H,12,22H2,1-2H3;1H. The van der Waals surface area contributed by atoms with E-state index in [-0.39, 0.29) is 30.0 Å². The maximum Gasteiger partial charge on any atom is 0.387 e. The van der Waals surface area contributed by atoms with Gasteiger partial charge in [-0.3, -0.25) is 4.79 Å². The van der Waals surface area contributed by atoms with Gasteiger partial charge in [-0.05, 0) is 23.3 Å². The summed E-state index contributed by atoms with van der Waals surface area (Å²) in [5.41, 5.74) is 7.93. The summed E-state index contributed by atoms with van der Waals surface area (Å²) in [4.78, 5) is 14.2. The summed E-state index contributed by atoms with van der Waals surface area (Å²) in [6, 6.07) is 15.3. The molecular weight excluding hydrogens is 362 g/mol. The Morgan fingerprint density at radius 1 is 1.12 bits per heavy atom. The van der Waals surface area contributed by atoms with Gasteiger partial charge in [-0.15, -0.1) is 12.4 Å². The van der Waals surface area contributed by atoms with Gasteiger partial charge in [0.2, 0.25) is 5.91 Å². The molecule has 0 fully saturated rings. The molecule has 2 unspecified atom stereocenters. The van der Waals surface area contributed by atoms with Gasteiger partial charge in [0.25, 0.3) is 0 Å². The minimum absolute atomic E-state index is 0. The first-order valence-corrected chi connectivity index (χ1v) is 7.97. The normalized spacial score (nSPS) is 12.8. The fourth-order valence-electron chi connectivity index (χ4n) is 2.59. The molecule has 0 heterocycles. The molecule has 1 amide bonds. The van der Waals surface area contributed by atoms with Crippen LogP contribution in [0.5, 0.6) is 5.75 Å². The largest absolute Gasteiger partial charge is 0.435 e. The molecule has 4 nitrogen and oxygen atoms in total. The zero-order valence-corrected chi connectivity index (χ0v) is 15.5. The quantitative estimate of drug-likeness (QED) is 0.784. The van der Waals surface area contributed by atoms with Gasteiger partial charge in [-0.1, -0.05) is 49.4 Å². The summed E-state index contributed by atoms with van der Waals surface area (Å²) < 4.78 is 28.6. The lowest BCUT2D eigenvalue weighted by Gasteiger charge is -2.25. The minimum Gasteiger partial charge on any atom is -0.435 e. The van der Waals surface area contributed by atoms with Crippen molar-refractivity contribution >= 4 is 18.3 Å². The molecule has 0 spiro atoms. The molecule has 0 radical (unpaired) electrons. The Morgan fingerprint density at radius 3 is 2.23 bits per heavy atom. The zero-order valence-electron chi connectivity index (χ0n) is 14.6. The van der Waals surface area contributed by atoms with Crippen molar-refractivity contribution in [2.75, 3.05) is 7.05 Å². The van der Waals surface area contributed by atoms with E-state index in [9.17, 15) is 13.6 Å². The summed E-state index contributed by atoms with van der Waals surface area (Å²) in [6.45, 7) is -0.689. The smallest absolute Gasteiger partial charge is 0.387 e. The lowest BCUT2D eigenvalue weighted by molar-refractivity contribution is -0.134. The van der Waals surface area contributed by atoms with E-state index < -0.39 is 12.7 Å². The van der Waals surface area contributed by atoms with E-state index in [1.54, 1.807) is 31.0 Å². The summed E-state index contributed by atoms with van der Waals surface area (Å²) in [7, 11) is 1.69. The van der Waals surface area contributed by atoms with Gasteiger partial charge in [0.05, 0.1) is 5.92 Å². The Hall–Kier alpha value is -2.18. The fourth-order valence-corrected chi connectivity index (χ4v) is 2.59. The second-order valence-corrected chi connectivity index (χ2v) is 5.94. The highest BCUT2D eigenvalue weighted by Gasteiger charge is 2.24. The Balaban J connectivity index is 0.00000338. The molecule has 7 heteroatoms. The third kappa shape index (κ3) is 5.97. The molecule has 0 saturated carbocycles. The predicted molar refractivity (Wildman–Crippen MR) is 99.3 cm³/mol. The van der Waals surface area contributed by atoms with Gasteiger partial charge >= 0.3 is 6.61 Å². The minimum atomic E-state index is -2.85. The van der Waals surface area contributed by atoms with Gasteiger partial charge in [-0.2, -0.15) is 8.78 Å². The summed E-state index contributed by atoms with van der Waals surface area (Å²) >= 11 is 0. The van der Waals surface area contributed by atoms with E-state index in [1.165, 1.54) is 12.1 Å². The van der Waals surface area contributed by atoms with Crippen molar-refractivity contribution in [2.24, 2.45) is 11.7 Å². The number of carbonyl (C=O) groups excluding carboxylic acids is 1. The van der Waals surface area contributed by atoms with Crippen LogP contribution in [0.3, 0.4) is 0 Å². The van der Waals surface area contributed by atoms with Crippen LogP contribution in [-0.2, 0) is 11.3 Å². The molecule has 26 heavy (non-hydrogen) atoms. The lowest BCUT2D eigenvalue weighted by atomic mass is 9.94. The Morgan fingerprint density at radius 2 is 1.69 bits per heavy atom. The van der Waals surface area contributed by atoms with E-state index >= 15 is 0 Å². The number of hydrogen-bond acceptors (Lipinski definition) is 3. The van der Waals surface area contributed by atoms with E-state index in [0.29, 0.717) is 6.54 Å². The third-order valence-electron chi connectivity index (χ3n) is 4.06. The van der Waals surface area contributed by atoms with Crippen molar-refractivity contribution in [3.05, 3.63) is 65.7 Å². The molecule has 2 rings (SSSR count). The summed E-state index contributed by atoms with van der Waals surface area (Å²) in [5, 5.41) is 0. The number of alkyl halides is 2. The SMILES string of the molecule is CC(C(=O)N(C)Cc1ccc(OC(F)F)cc1)C(N)c1ccccc1.Cl.